The van der Waals surface area contributed by atoms with E-state index in [0.717, 1.165) is 113 Å². The molecule has 0 aliphatic heterocycles. The van der Waals surface area contributed by atoms with E-state index >= 15 is 0 Å². The van der Waals surface area contributed by atoms with Gasteiger partial charge >= 0.3 is 42.1 Å². The van der Waals surface area contributed by atoms with E-state index in [9.17, 15) is 0 Å². The van der Waals surface area contributed by atoms with Crippen molar-refractivity contribution in [3.05, 3.63) is 217 Å². The summed E-state index contributed by atoms with van der Waals surface area (Å²) < 4.78 is 0. The number of pyridine rings is 4. The second kappa shape index (κ2) is 23.2. The summed E-state index contributed by atoms with van der Waals surface area (Å²) in [6, 6.07) is 69.7. The van der Waals surface area contributed by atoms with Crippen molar-refractivity contribution >= 4 is 0 Å². The summed E-state index contributed by atoms with van der Waals surface area (Å²) in [5.41, 5.74) is 12.6. The average Bonchev–Trinajstić information content (AvgIpc) is 3.27. The number of hydrogen-bond donors (Lipinski definition) is 0. The van der Waals surface area contributed by atoms with Crippen LogP contribution in [0.1, 0.15) is 42.0 Å². The van der Waals surface area contributed by atoms with Gasteiger partial charge in [0.05, 0.1) is 0 Å². The van der Waals surface area contributed by atoms with Gasteiger partial charge in [-0.2, -0.15) is 0 Å². The number of aromatic nitrogens is 4. The molecule has 0 spiro atoms. The van der Waals surface area contributed by atoms with Gasteiger partial charge in [0.15, 0.2) is 0 Å². The van der Waals surface area contributed by atoms with Crippen LogP contribution in [0.25, 0.3) is 45.0 Å². The maximum absolute atomic E-state index is 4.79. The molecule has 0 amide bonds. The van der Waals surface area contributed by atoms with Gasteiger partial charge in [-0.05, 0) is 92.0 Å². The maximum Gasteiger partial charge on any atom is 2.00 e. The second-order valence-corrected chi connectivity index (χ2v) is 13.2. The third-order valence-corrected chi connectivity index (χ3v) is 9.15. The molecule has 0 radical (unpaired) electrons. The molecule has 0 aliphatic rings. The topological polar surface area (TPSA) is 51.6 Å². The van der Waals surface area contributed by atoms with Crippen LogP contribution in [0, 0.1) is 24.3 Å². The van der Waals surface area contributed by atoms with E-state index in [4.69, 9.17) is 19.9 Å². The standard InChI is InChI=1S/C26H22N2.C25H20N2.2Pt/c1-3-11-21(12-4-1)25-19-9-17-23(27-25)15-7-8-16-24-18-10-20-26(28-24)22-13-5-2-6-14-22;1-3-10-20(11-4-1)24-18-8-16-22(26-24)14-7-15-23-17-9-19-25(27-23)21-12-5-2-6-13-21;;/h1-6,9-11,13,17-20H,7-8,15-16H2;1-6,8-10,12,16-19H,7,14-15H2;;/q2*-2;2*+2. The van der Waals surface area contributed by atoms with Crippen LogP contribution in [-0.4, -0.2) is 19.9 Å². The number of aryl methyl sites for hydroxylation is 4. The zero-order chi connectivity index (χ0) is 37.3. The van der Waals surface area contributed by atoms with E-state index < -0.39 is 0 Å². The van der Waals surface area contributed by atoms with Gasteiger partial charge in [-0.25, -0.2) is 0 Å². The Kier molecular flexibility index (Phi) is 17.5. The van der Waals surface area contributed by atoms with Gasteiger partial charge in [-0.15, -0.1) is 144 Å². The van der Waals surface area contributed by atoms with Gasteiger partial charge in [0.25, 0.3) is 0 Å². The quantitative estimate of drug-likeness (QED) is 0.0853. The van der Waals surface area contributed by atoms with Crippen molar-refractivity contribution < 1.29 is 42.1 Å². The molecular formula is C51H42N4Pt2. The Morgan fingerprint density at radius 1 is 0.281 bits per heavy atom. The Labute approximate surface area is 366 Å². The molecule has 4 aromatic carbocycles. The fraction of sp³-hybridized carbons (Fsp3) is 0.137. The minimum Gasteiger partial charge on any atom is -0.301 e. The van der Waals surface area contributed by atoms with Crippen molar-refractivity contribution in [1.29, 1.82) is 0 Å². The molecule has 0 unspecified atom stereocenters. The molecular weight excluding hydrogens is 1060 g/mol. The van der Waals surface area contributed by atoms with E-state index in [1.807, 2.05) is 109 Å². The molecule has 4 aromatic heterocycles. The first-order chi connectivity index (χ1) is 27.3. The molecule has 6 heteroatoms. The summed E-state index contributed by atoms with van der Waals surface area (Å²) in [6.07, 6.45) is 7.04. The predicted octanol–water partition coefficient (Wildman–Crippen LogP) is 11.6. The van der Waals surface area contributed by atoms with Crippen molar-refractivity contribution in [3.8, 4) is 45.0 Å². The predicted molar refractivity (Wildman–Crippen MR) is 223 cm³/mol. The molecule has 0 bridgehead atoms. The summed E-state index contributed by atoms with van der Waals surface area (Å²) in [5, 5.41) is 0. The van der Waals surface area contributed by atoms with Crippen LogP contribution in [0.15, 0.2) is 170 Å². The molecule has 286 valence electrons. The Morgan fingerprint density at radius 2 is 0.544 bits per heavy atom. The number of hydrogen-bond acceptors (Lipinski definition) is 4. The third kappa shape index (κ3) is 13.2. The molecule has 8 aromatic rings. The first kappa shape index (κ1) is 43.0. The third-order valence-electron chi connectivity index (χ3n) is 9.15. The van der Waals surface area contributed by atoms with Crippen LogP contribution in [0.5, 0.6) is 0 Å². The van der Waals surface area contributed by atoms with Gasteiger partial charge in [0, 0.05) is 22.8 Å². The second-order valence-electron chi connectivity index (χ2n) is 13.2. The SMILES string of the molecule is [Pt+2].[Pt+2].[c-]1ccccc1-c1cccc(CCCCc2cccc(-c3[c-]cccc3)n2)n1.[c-]1ccccc1-c1cccc(CCCc2cccc(-c3[c-]cccc3)n2)n1. The maximum atomic E-state index is 4.79. The van der Waals surface area contributed by atoms with Crippen LogP contribution < -0.4 is 0 Å². The van der Waals surface area contributed by atoms with Crippen LogP contribution in [0.3, 0.4) is 0 Å². The molecule has 0 N–H and O–H groups in total. The Hall–Kier alpha value is -5.14. The molecule has 4 heterocycles. The molecule has 8 rings (SSSR count). The Bertz CT molecular complexity index is 2190. The summed E-state index contributed by atoms with van der Waals surface area (Å²) in [7, 11) is 0. The van der Waals surface area contributed by atoms with Gasteiger partial charge in [0.1, 0.15) is 0 Å². The number of nitrogens with zero attached hydrogens (tertiary/aromatic N) is 4. The minimum atomic E-state index is 0. The zero-order valence-corrected chi connectivity index (χ0v) is 36.1. The molecule has 0 fully saturated rings. The average molecular weight is 1100 g/mol. The Balaban J connectivity index is 0.000000210. The summed E-state index contributed by atoms with van der Waals surface area (Å²) in [5.74, 6) is 0. The number of unbranched alkanes of at least 4 members (excludes halogenated alkanes) is 1. The van der Waals surface area contributed by atoms with Crippen LogP contribution in [-0.2, 0) is 67.8 Å². The fourth-order valence-corrected chi connectivity index (χ4v) is 6.35. The summed E-state index contributed by atoms with van der Waals surface area (Å²) in [6.45, 7) is 0. The van der Waals surface area contributed by atoms with Crippen LogP contribution in [0.2, 0.25) is 0 Å². The largest absolute Gasteiger partial charge is 2.00 e. The van der Waals surface area contributed by atoms with Crippen molar-refractivity contribution in [2.75, 3.05) is 0 Å². The normalized spacial score (nSPS) is 10.3. The van der Waals surface area contributed by atoms with Crippen LogP contribution >= 0.6 is 0 Å². The van der Waals surface area contributed by atoms with Gasteiger partial charge in [-0.3, -0.25) is 0 Å². The van der Waals surface area contributed by atoms with E-state index in [2.05, 4.69) is 84.9 Å². The van der Waals surface area contributed by atoms with E-state index in [1.54, 1.807) is 0 Å². The van der Waals surface area contributed by atoms with Crippen molar-refractivity contribution in [3.63, 3.8) is 0 Å². The van der Waals surface area contributed by atoms with Gasteiger partial charge in [0.2, 0.25) is 0 Å². The molecule has 0 aliphatic carbocycles. The van der Waals surface area contributed by atoms with Gasteiger partial charge in [-0.1, -0.05) is 48.5 Å². The number of rotatable bonds is 13. The Morgan fingerprint density at radius 3 is 0.789 bits per heavy atom. The monoisotopic (exact) mass is 1100 g/mol. The molecule has 57 heavy (non-hydrogen) atoms. The molecule has 4 nitrogen and oxygen atoms in total. The van der Waals surface area contributed by atoms with Crippen molar-refractivity contribution in [1.82, 2.24) is 19.9 Å². The van der Waals surface area contributed by atoms with Crippen molar-refractivity contribution in [2.24, 2.45) is 0 Å². The fourth-order valence-electron chi connectivity index (χ4n) is 6.35. The van der Waals surface area contributed by atoms with E-state index in [0.29, 0.717) is 0 Å². The number of benzene rings is 4. The summed E-state index contributed by atoms with van der Waals surface area (Å²) >= 11 is 0. The molecule has 0 atom stereocenters. The first-order valence-corrected chi connectivity index (χ1v) is 19.0. The smallest absolute Gasteiger partial charge is 0.301 e. The first-order valence-electron chi connectivity index (χ1n) is 19.0. The summed E-state index contributed by atoms with van der Waals surface area (Å²) in [4.78, 5) is 19.1. The zero-order valence-electron chi connectivity index (χ0n) is 31.5. The minimum absolute atomic E-state index is 0. The van der Waals surface area contributed by atoms with E-state index in [1.165, 1.54) is 0 Å². The van der Waals surface area contributed by atoms with Crippen molar-refractivity contribution in [2.45, 2.75) is 44.9 Å². The molecule has 0 saturated carbocycles. The molecule has 0 saturated heterocycles. The van der Waals surface area contributed by atoms with Gasteiger partial charge < -0.3 is 19.9 Å². The van der Waals surface area contributed by atoms with Crippen LogP contribution in [0.4, 0.5) is 0 Å². The van der Waals surface area contributed by atoms with E-state index in [-0.39, 0.29) is 42.1 Å².